The highest BCUT2D eigenvalue weighted by Gasteiger charge is 2.20. The van der Waals surface area contributed by atoms with Gasteiger partial charge in [0, 0.05) is 25.7 Å². The van der Waals surface area contributed by atoms with Gasteiger partial charge in [0.1, 0.15) is 6.61 Å². The fraction of sp³-hybridized carbons (Fsp3) is 0.941. The Morgan fingerprint density at radius 2 is 2.14 bits per heavy atom. The first-order valence-electron chi connectivity index (χ1n) is 8.84. The van der Waals surface area contributed by atoms with Crippen LogP contribution >= 0.6 is 0 Å². The molecule has 1 amide bonds. The van der Waals surface area contributed by atoms with Crippen molar-refractivity contribution in [2.45, 2.75) is 58.1 Å². The van der Waals surface area contributed by atoms with Gasteiger partial charge in [0.2, 0.25) is 5.91 Å². The van der Waals surface area contributed by atoms with Gasteiger partial charge in [-0.25, -0.2) is 0 Å². The van der Waals surface area contributed by atoms with Crippen LogP contribution in [0.5, 0.6) is 0 Å². The Morgan fingerprint density at radius 1 is 1.36 bits per heavy atom. The van der Waals surface area contributed by atoms with Crippen molar-refractivity contribution in [1.82, 2.24) is 10.2 Å². The van der Waals surface area contributed by atoms with Crippen LogP contribution in [-0.4, -0.2) is 62.4 Å². The predicted octanol–water partition coefficient (Wildman–Crippen LogP) is 1.81. The molecule has 0 radical (unpaired) electrons. The van der Waals surface area contributed by atoms with E-state index in [1.54, 1.807) is 0 Å². The number of carbonyl (C=O) groups is 1. The van der Waals surface area contributed by atoms with E-state index in [1.165, 1.54) is 12.8 Å². The van der Waals surface area contributed by atoms with Crippen molar-refractivity contribution in [3.05, 3.63) is 0 Å². The predicted molar refractivity (Wildman–Crippen MR) is 86.9 cm³/mol. The highest BCUT2D eigenvalue weighted by Crippen LogP contribution is 2.25. The number of carbonyl (C=O) groups excluding carboxylic acids is 1. The van der Waals surface area contributed by atoms with Gasteiger partial charge in [-0.1, -0.05) is 19.8 Å². The Kier molecular flexibility index (Phi) is 7.63. The molecule has 1 aliphatic heterocycles. The lowest BCUT2D eigenvalue weighted by Gasteiger charge is -2.28. The third-order valence-electron chi connectivity index (χ3n) is 4.73. The summed E-state index contributed by atoms with van der Waals surface area (Å²) in [6.07, 6.45) is 5.97. The summed E-state index contributed by atoms with van der Waals surface area (Å²) in [5, 5.41) is 3.05. The minimum atomic E-state index is 0.0210. The minimum Gasteiger partial charge on any atom is -0.379 e. The zero-order valence-electron chi connectivity index (χ0n) is 14.2. The SMILES string of the molecule is C[C@@H]1CCC[C@H](OCC(=O)N[C@H](C)CCN2CCOCC2)C1. The van der Waals surface area contributed by atoms with Crippen molar-refractivity contribution in [2.75, 3.05) is 39.5 Å². The molecule has 0 spiro atoms. The van der Waals surface area contributed by atoms with Crippen molar-refractivity contribution >= 4 is 5.91 Å². The topological polar surface area (TPSA) is 50.8 Å². The zero-order valence-corrected chi connectivity index (χ0v) is 14.2. The maximum atomic E-state index is 12.0. The molecule has 5 heteroatoms. The average molecular weight is 312 g/mol. The summed E-state index contributed by atoms with van der Waals surface area (Å²) in [5.41, 5.74) is 0. The van der Waals surface area contributed by atoms with Crippen LogP contribution in [0, 0.1) is 5.92 Å². The Labute approximate surface area is 134 Å². The summed E-state index contributed by atoms with van der Waals surface area (Å²) in [6.45, 7) is 9.23. The summed E-state index contributed by atoms with van der Waals surface area (Å²) in [5.74, 6) is 0.752. The van der Waals surface area contributed by atoms with Crippen LogP contribution in [-0.2, 0) is 14.3 Å². The summed E-state index contributed by atoms with van der Waals surface area (Å²) >= 11 is 0. The standard InChI is InChI=1S/C17H32N2O3/c1-14-4-3-5-16(12-14)22-13-17(20)18-15(2)6-7-19-8-10-21-11-9-19/h14-16H,3-13H2,1-2H3,(H,18,20)/t14-,15-,16+/m1/s1. The molecule has 1 saturated carbocycles. The molecule has 5 nitrogen and oxygen atoms in total. The van der Waals surface area contributed by atoms with E-state index in [9.17, 15) is 4.79 Å². The molecule has 0 unspecified atom stereocenters. The molecule has 3 atom stereocenters. The van der Waals surface area contributed by atoms with Crippen LogP contribution in [0.2, 0.25) is 0 Å². The lowest BCUT2D eigenvalue weighted by Crippen LogP contribution is -2.41. The van der Waals surface area contributed by atoms with Crippen LogP contribution in [0.3, 0.4) is 0 Å². The van der Waals surface area contributed by atoms with Crippen LogP contribution in [0.25, 0.3) is 0 Å². The number of amides is 1. The normalized spacial score (nSPS) is 28.3. The van der Waals surface area contributed by atoms with E-state index in [2.05, 4.69) is 24.1 Å². The van der Waals surface area contributed by atoms with Gasteiger partial charge in [-0.2, -0.15) is 0 Å². The second-order valence-corrected chi connectivity index (χ2v) is 6.92. The second-order valence-electron chi connectivity index (χ2n) is 6.92. The average Bonchev–Trinajstić information content (AvgIpc) is 2.52. The molecule has 128 valence electrons. The highest BCUT2D eigenvalue weighted by atomic mass is 16.5. The molecule has 2 fully saturated rings. The van der Waals surface area contributed by atoms with E-state index in [0.717, 1.165) is 58.0 Å². The molecule has 2 rings (SSSR count). The first-order chi connectivity index (χ1) is 10.6. The third kappa shape index (κ3) is 6.63. The Hall–Kier alpha value is -0.650. The van der Waals surface area contributed by atoms with Gasteiger partial charge >= 0.3 is 0 Å². The van der Waals surface area contributed by atoms with Gasteiger partial charge < -0.3 is 14.8 Å². The Morgan fingerprint density at radius 3 is 2.86 bits per heavy atom. The number of nitrogens with zero attached hydrogens (tertiary/aromatic N) is 1. The molecule has 1 aliphatic carbocycles. The number of ether oxygens (including phenoxy) is 2. The fourth-order valence-corrected chi connectivity index (χ4v) is 3.31. The maximum Gasteiger partial charge on any atom is 0.246 e. The smallest absolute Gasteiger partial charge is 0.246 e. The van der Waals surface area contributed by atoms with E-state index >= 15 is 0 Å². The fourth-order valence-electron chi connectivity index (χ4n) is 3.31. The van der Waals surface area contributed by atoms with Crippen molar-refractivity contribution in [3.63, 3.8) is 0 Å². The van der Waals surface area contributed by atoms with Gasteiger partial charge in [0.15, 0.2) is 0 Å². The molecule has 2 aliphatic rings. The molecule has 1 heterocycles. The molecule has 0 aromatic carbocycles. The first kappa shape index (κ1) is 17.7. The van der Waals surface area contributed by atoms with Crippen molar-refractivity contribution < 1.29 is 14.3 Å². The van der Waals surface area contributed by atoms with Crippen LogP contribution in [0.4, 0.5) is 0 Å². The van der Waals surface area contributed by atoms with Crippen molar-refractivity contribution in [2.24, 2.45) is 5.92 Å². The van der Waals surface area contributed by atoms with Gasteiger partial charge in [0.05, 0.1) is 19.3 Å². The monoisotopic (exact) mass is 312 g/mol. The molecular weight excluding hydrogens is 280 g/mol. The van der Waals surface area contributed by atoms with Gasteiger partial charge in [-0.15, -0.1) is 0 Å². The highest BCUT2D eigenvalue weighted by molar-refractivity contribution is 5.77. The van der Waals surface area contributed by atoms with Crippen molar-refractivity contribution in [1.29, 1.82) is 0 Å². The largest absolute Gasteiger partial charge is 0.379 e. The summed E-state index contributed by atoms with van der Waals surface area (Å²) < 4.78 is 11.1. The number of hydrogen-bond donors (Lipinski definition) is 1. The molecule has 0 bridgehead atoms. The zero-order chi connectivity index (χ0) is 15.8. The van der Waals surface area contributed by atoms with E-state index in [-0.39, 0.29) is 24.7 Å². The lowest BCUT2D eigenvalue weighted by atomic mass is 9.89. The molecule has 1 N–H and O–H groups in total. The van der Waals surface area contributed by atoms with E-state index in [1.807, 2.05) is 0 Å². The van der Waals surface area contributed by atoms with Gasteiger partial charge in [-0.3, -0.25) is 9.69 Å². The summed E-state index contributed by atoms with van der Waals surface area (Å²) in [4.78, 5) is 14.4. The van der Waals surface area contributed by atoms with E-state index in [4.69, 9.17) is 9.47 Å². The third-order valence-corrected chi connectivity index (χ3v) is 4.73. The first-order valence-corrected chi connectivity index (χ1v) is 8.84. The van der Waals surface area contributed by atoms with Crippen LogP contribution in [0.15, 0.2) is 0 Å². The van der Waals surface area contributed by atoms with Crippen LogP contribution < -0.4 is 5.32 Å². The maximum absolute atomic E-state index is 12.0. The minimum absolute atomic E-state index is 0.0210. The molecule has 0 aromatic heterocycles. The van der Waals surface area contributed by atoms with Crippen LogP contribution in [0.1, 0.15) is 46.0 Å². The number of rotatable bonds is 7. The lowest BCUT2D eigenvalue weighted by molar-refractivity contribution is -0.129. The number of nitrogens with one attached hydrogen (secondary N) is 1. The van der Waals surface area contributed by atoms with E-state index in [0.29, 0.717) is 0 Å². The van der Waals surface area contributed by atoms with E-state index < -0.39 is 0 Å². The molecular formula is C17H32N2O3. The number of morpholine rings is 1. The Balaban J connectivity index is 1.55. The second kappa shape index (κ2) is 9.48. The van der Waals surface area contributed by atoms with Gasteiger partial charge in [-0.05, 0) is 32.1 Å². The van der Waals surface area contributed by atoms with Gasteiger partial charge in [0.25, 0.3) is 0 Å². The molecule has 1 saturated heterocycles. The molecule has 22 heavy (non-hydrogen) atoms. The molecule has 0 aromatic rings. The quantitative estimate of drug-likeness (QED) is 0.779. The summed E-state index contributed by atoms with van der Waals surface area (Å²) in [7, 11) is 0. The summed E-state index contributed by atoms with van der Waals surface area (Å²) in [6, 6.07) is 0.198. The van der Waals surface area contributed by atoms with Crippen molar-refractivity contribution in [3.8, 4) is 0 Å². The Bertz CT molecular complexity index is 332. The number of hydrogen-bond acceptors (Lipinski definition) is 4.